The van der Waals surface area contributed by atoms with Crippen LogP contribution in [0.15, 0.2) is 42.5 Å². The molecule has 1 aromatic rings. The predicted octanol–water partition coefficient (Wildman–Crippen LogP) is 6.45. The minimum Gasteiger partial charge on any atom is -0.507 e. The van der Waals surface area contributed by atoms with Crippen LogP contribution < -0.4 is 0 Å². The smallest absolute Gasteiger partial charge is 0.339 e. The van der Waals surface area contributed by atoms with Crippen molar-refractivity contribution in [2.24, 2.45) is 0 Å². The Labute approximate surface area is 152 Å². The summed E-state index contributed by atoms with van der Waals surface area (Å²) in [6.45, 7) is 4.22. The van der Waals surface area contributed by atoms with Crippen LogP contribution in [0.4, 0.5) is 0 Å². The summed E-state index contributed by atoms with van der Waals surface area (Å²) in [6, 6.07) is 4.89. The molecule has 0 aliphatic heterocycles. The van der Waals surface area contributed by atoms with Crippen molar-refractivity contribution in [1.82, 2.24) is 0 Å². The summed E-state index contributed by atoms with van der Waals surface area (Å²) in [7, 11) is 0. The van der Waals surface area contributed by atoms with E-state index in [1.165, 1.54) is 38.2 Å². The first kappa shape index (κ1) is 21.0. The molecule has 0 radical (unpaired) electrons. The summed E-state index contributed by atoms with van der Waals surface area (Å²) >= 11 is 0. The highest BCUT2D eigenvalue weighted by atomic mass is 16.4. The molecule has 0 aliphatic rings. The Kier molecular flexibility index (Phi) is 10.4. The first-order valence-corrected chi connectivity index (χ1v) is 9.43. The third kappa shape index (κ3) is 8.06. The Hall–Kier alpha value is -2.03. The monoisotopic (exact) mass is 344 g/mol. The standard InChI is InChI=1S/C22H32O3/c1-3-4-5-6-7-8-9-10-11-12-13-15-18(2)19-16-14-17-20(23)21(19)22(24)25/h9-10,12-14,16-18,23H,3-8,11,15H2,1-2H3,(H,24,25). The van der Waals surface area contributed by atoms with Gasteiger partial charge in [0, 0.05) is 0 Å². The fourth-order valence-electron chi connectivity index (χ4n) is 2.88. The van der Waals surface area contributed by atoms with E-state index in [0.717, 1.165) is 19.3 Å². The molecule has 1 aromatic carbocycles. The number of rotatable bonds is 12. The van der Waals surface area contributed by atoms with E-state index in [1.54, 1.807) is 12.1 Å². The topological polar surface area (TPSA) is 57.5 Å². The number of hydrogen-bond acceptors (Lipinski definition) is 2. The van der Waals surface area contributed by atoms with Gasteiger partial charge < -0.3 is 10.2 Å². The lowest BCUT2D eigenvalue weighted by atomic mass is 9.92. The molecule has 0 amide bonds. The van der Waals surface area contributed by atoms with Crippen molar-refractivity contribution in [3.05, 3.63) is 53.6 Å². The van der Waals surface area contributed by atoms with Gasteiger partial charge >= 0.3 is 5.97 Å². The van der Waals surface area contributed by atoms with E-state index in [1.807, 2.05) is 6.92 Å². The fraction of sp³-hybridized carbons (Fsp3) is 0.500. The largest absolute Gasteiger partial charge is 0.507 e. The van der Waals surface area contributed by atoms with Gasteiger partial charge in [-0.25, -0.2) is 4.79 Å². The Balaban J connectivity index is 2.35. The lowest BCUT2D eigenvalue weighted by Crippen LogP contribution is -2.05. The number of carboxylic acids is 1. The molecule has 1 rings (SSSR count). The minimum atomic E-state index is -1.08. The van der Waals surface area contributed by atoms with E-state index in [-0.39, 0.29) is 17.2 Å². The molecular weight excluding hydrogens is 312 g/mol. The van der Waals surface area contributed by atoms with Crippen LogP contribution in [0.5, 0.6) is 5.75 Å². The average Bonchev–Trinajstić information content (AvgIpc) is 2.58. The number of aromatic hydroxyl groups is 1. The van der Waals surface area contributed by atoms with Crippen molar-refractivity contribution in [2.75, 3.05) is 0 Å². The number of carboxylic acid groups (broad SMARTS) is 1. The van der Waals surface area contributed by atoms with Crippen LogP contribution in [0.1, 0.15) is 87.1 Å². The highest BCUT2D eigenvalue weighted by Gasteiger charge is 2.18. The van der Waals surface area contributed by atoms with E-state index >= 15 is 0 Å². The Morgan fingerprint density at radius 1 is 1.08 bits per heavy atom. The van der Waals surface area contributed by atoms with Crippen molar-refractivity contribution in [3.8, 4) is 5.75 Å². The molecular formula is C22H32O3. The first-order valence-electron chi connectivity index (χ1n) is 9.43. The maximum Gasteiger partial charge on any atom is 0.339 e. The molecule has 0 saturated heterocycles. The van der Waals surface area contributed by atoms with Crippen molar-refractivity contribution in [1.29, 1.82) is 0 Å². The summed E-state index contributed by atoms with van der Waals surface area (Å²) in [4.78, 5) is 11.3. The van der Waals surface area contributed by atoms with Crippen LogP contribution in [0.2, 0.25) is 0 Å². The van der Waals surface area contributed by atoms with Gasteiger partial charge in [0.15, 0.2) is 0 Å². The van der Waals surface area contributed by atoms with E-state index in [4.69, 9.17) is 0 Å². The maximum atomic E-state index is 11.3. The van der Waals surface area contributed by atoms with E-state index in [0.29, 0.717) is 5.56 Å². The Bertz CT molecular complexity index is 573. The van der Waals surface area contributed by atoms with Gasteiger partial charge in [0.2, 0.25) is 0 Å². The quantitative estimate of drug-likeness (QED) is 0.338. The zero-order chi connectivity index (χ0) is 18.5. The second-order valence-corrected chi connectivity index (χ2v) is 6.56. The molecule has 0 bridgehead atoms. The van der Waals surface area contributed by atoms with Gasteiger partial charge in [-0.15, -0.1) is 0 Å². The van der Waals surface area contributed by atoms with Crippen molar-refractivity contribution in [2.45, 2.75) is 71.1 Å². The number of phenols is 1. The van der Waals surface area contributed by atoms with Crippen molar-refractivity contribution in [3.63, 3.8) is 0 Å². The summed E-state index contributed by atoms with van der Waals surface area (Å²) in [6.07, 6.45) is 18.0. The lowest BCUT2D eigenvalue weighted by molar-refractivity contribution is 0.0692. The van der Waals surface area contributed by atoms with Crippen LogP contribution in [0.3, 0.4) is 0 Å². The Morgan fingerprint density at radius 2 is 1.80 bits per heavy atom. The molecule has 1 unspecified atom stereocenters. The SMILES string of the molecule is CCCCCCCC=CCC=CCC(C)c1cccc(O)c1C(=O)O. The summed E-state index contributed by atoms with van der Waals surface area (Å²) < 4.78 is 0. The molecule has 0 fully saturated rings. The Morgan fingerprint density at radius 3 is 2.52 bits per heavy atom. The molecule has 0 heterocycles. The van der Waals surface area contributed by atoms with Gasteiger partial charge in [0.05, 0.1) is 0 Å². The summed E-state index contributed by atoms with van der Waals surface area (Å²) in [5.74, 6) is -1.19. The zero-order valence-electron chi connectivity index (χ0n) is 15.6. The molecule has 0 aromatic heterocycles. The molecule has 1 atom stereocenters. The van der Waals surface area contributed by atoms with Gasteiger partial charge in [0.25, 0.3) is 0 Å². The van der Waals surface area contributed by atoms with Crippen LogP contribution in [0.25, 0.3) is 0 Å². The van der Waals surface area contributed by atoms with Crippen LogP contribution in [-0.4, -0.2) is 16.2 Å². The molecule has 2 N–H and O–H groups in total. The maximum absolute atomic E-state index is 11.3. The van der Waals surface area contributed by atoms with Gasteiger partial charge in [-0.1, -0.05) is 76.0 Å². The fourth-order valence-corrected chi connectivity index (χ4v) is 2.88. The minimum absolute atomic E-state index is 0.0198. The van der Waals surface area contributed by atoms with Gasteiger partial charge in [0.1, 0.15) is 11.3 Å². The molecule has 3 nitrogen and oxygen atoms in total. The predicted molar refractivity (Wildman–Crippen MR) is 104 cm³/mol. The van der Waals surface area contributed by atoms with Crippen molar-refractivity contribution < 1.29 is 15.0 Å². The number of benzene rings is 1. The summed E-state index contributed by atoms with van der Waals surface area (Å²) in [5, 5.41) is 19.0. The van der Waals surface area contributed by atoms with Crippen LogP contribution in [-0.2, 0) is 0 Å². The highest BCUT2D eigenvalue weighted by Crippen LogP contribution is 2.29. The number of allylic oxidation sites excluding steroid dienone is 4. The third-order valence-electron chi connectivity index (χ3n) is 4.39. The molecule has 0 aliphatic carbocycles. The number of carbonyl (C=O) groups is 1. The number of aromatic carboxylic acids is 1. The van der Waals surface area contributed by atoms with Crippen LogP contribution >= 0.6 is 0 Å². The molecule has 138 valence electrons. The third-order valence-corrected chi connectivity index (χ3v) is 4.39. The van der Waals surface area contributed by atoms with E-state index in [2.05, 4.69) is 31.2 Å². The van der Waals surface area contributed by atoms with E-state index in [9.17, 15) is 15.0 Å². The normalized spacial score (nSPS) is 12.9. The van der Waals surface area contributed by atoms with Crippen molar-refractivity contribution >= 4 is 5.97 Å². The second kappa shape index (κ2) is 12.3. The first-order chi connectivity index (χ1) is 12.1. The summed E-state index contributed by atoms with van der Waals surface area (Å²) in [5.41, 5.74) is 0.700. The molecule has 25 heavy (non-hydrogen) atoms. The number of unbranched alkanes of at least 4 members (excludes halogenated alkanes) is 5. The molecule has 3 heteroatoms. The second-order valence-electron chi connectivity index (χ2n) is 6.56. The number of hydrogen-bond donors (Lipinski definition) is 2. The molecule has 0 saturated carbocycles. The highest BCUT2D eigenvalue weighted by molar-refractivity contribution is 5.92. The zero-order valence-corrected chi connectivity index (χ0v) is 15.6. The lowest BCUT2D eigenvalue weighted by Gasteiger charge is -2.13. The van der Waals surface area contributed by atoms with Gasteiger partial charge in [-0.2, -0.15) is 0 Å². The molecule has 0 spiro atoms. The average molecular weight is 344 g/mol. The van der Waals surface area contributed by atoms with Gasteiger partial charge in [-0.3, -0.25) is 0 Å². The van der Waals surface area contributed by atoms with Gasteiger partial charge in [-0.05, 0) is 43.2 Å². The van der Waals surface area contributed by atoms with Crippen LogP contribution in [0, 0.1) is 0 Å². The van der Waals surface area contributed by atoms with E-state index < -0.39 is 5.97 Å².